The zero-order valence-corrected chi connectivity index (χ0v) is 12.1. The predicted molar refractivity (Wildman–Crippen MR) is 73.2 cm³/mol. The first-order valence-corrected chi connectivity index (χ1v) is 7.11. The summed E-state index contributed by atoms with van der Waals surface area (Å²) in [5.74, 6) is -0.931. The van der Waals surface area contributed by atoms with Gasteiger partial charge in [-0.3, -0.25) is 4.79 Å². The molecule has 1 unspecified atom stereocenters. The lowest BCUT2D eigenvalue weighted by molar-refractivity contribution is -0.141. The number of pyridine rings is 1. The van der Waals surface area contributed by atoms with E-state index in [-0.39, 0.29) is 6.54 Å². The van der Waals surface area contributed by atoms with Gasteiger partial charge in [-0.15, -0.1) is 0 Å². The van der Waals surface area contributed by atoms with Gasteiger partial charge in [0.05, 0.1) is 24.3 Å². The first-order chi connectivity index (χ1) is 10.8. The van der Waals surface area contributed by atoms with E-state index in [1.807, 2.05) is 0 Å². The molecule has 4 nitrogen and oxygen atoms in total. The highest BCUT2D eigenvalue weighted by atomic mass is 19.4. The molecule has 0 spiro atoms. The quantitative estimate of drug-likeness (QED) is 0.860. The van der Waals surface area contributed by atoms with Crippen LogP contribution in [0.15, 0.2) is 18.3 Å². The molecule has 1 N–H and O–H groups in total. The molecule has 0 aromatic carbocycles. The minimum Gasteiger partial charge on any atom is -0.369 e. The molecule has 1 aliphatic rings. The van der Waals surface area contributed by atoms with Gasteiger partial charge >= 0.3 is 6.18 Å². The van der Waals surface area contributed by atoms with Gasteiger partial charge < -0.3 is 10.2 Å². The number of hydrogen-bond acceptors (Lipinski definition) is 3. The lowest BCUT2D eigenvalue weighted by Crippen LogP contribution is -2.44. The van der Waals surface area contributed by atoms with E-state index in [9.17, 15) is 26.7 Å². The fourth-order valence-corrected chi connectivity index (χ4v) is 2.49. The summed E-state index contributed by atoms with van der Waals surface area (Å²) >= 11 is 0. The van der Waals surface area contributed by atoms with Gasteiger partial charge in [-0.25, -0.2) is 13.8 Å². The van der Waals surface area contributed by atoms with Crippen LogP contribution in [-0.4, -0.2) is 37.0 Å². The predicted octanol–water partition coefficient (Wildman–Crippen LogP) is 2.70. The Balaban J connectivity index is 1.99. The van der Waals surface area contributed by atoms with Gasteiger partial charge in [0.15, 0.2) is 0 Å². The van der Waals surface area contributed by atoms with E-state index in [0.717, 1.165) is 12.3 Å². The summed E-state index contributed by atoms with van der Waals surface area (Å²) in [5, 5.41) is 2.17. The maximum absolute atomic E-state index is 12.5. The minimum absolute atomic E-state index is 0.266. The van der Waals surface area contributed by atoms with Crippen molar-refractivity contribution in [3.63, 3.8) is 0 Å². The van der Waals surface area contributed by atoms with Gasteiger partial charge in [0.25, 0.3) is 6.43 Å². The highest BCUT2D eigenvalue weighted by Crippen LogP contribution is 2.29. The Kier molecular flexibility index (Phi) is 5.38. The zero-order chi connectivity index (χ0) is 17.0. The molecule has 0 radical (unpaired) electrons. The van der Waals surface area contributed by atoms with E-state index in [1.165, 1.54) is 6.07 Å². The molecule has 1 atom stereocenters. The molecule has 1 fully saturated rings. The van der Waals surface area contributed by atoms with E-state index in [0.29, 0.717) is 25.1 Å². The fraction of sp³-hybridized carbons (Fsp3) is 0.571. The third-order valence-electron chi connectivity index (χ3n) is 3.63. The Bertz CT molecular complexity index is 532. The number of halogens is 5. The number of rotatable bonds is 4. The number of nitrogens with zero attached hydrogens (tertiary/aromatic N) is 2. The SMILES string of the molecule is O=C(NCC(F)F)C1CCCN(c2ccc(C(F)(F)F)nc2)C1. The van der Waals surface area contributed by atoms with E-state index in [1.54, 1.807) is 4.90 Å². The van der Waals surface area contributed by atoms with E-state index in [4.69, 9.17) is 0 Å². The Morgan fingerprint density at radius 3 is 2.70 bits per heavy atom. The second-order valence-corrected chi connectivity index (χ2v) is 5.32. The van der Waals surface area contributed by atoms with Crippen LogP contribution in [0.5, 0.6) is 0 Å². The average Bonchev–Trinajstić information content (AvgIpc) is 2.52. The number of anilines is 1. The van der Waals surface area contributed by atoms with Crippen LogP contribution in [0.1, 0.15) is 18.5 Å². The second kappa shape index (κ2) is 7.10. The largest absolute Gasteiger partial charge is 0.433 e. The standard InChI is InChI=1S/C14H16F5N3O/c15-12(16)7-21-13(23)9-2-1-5-22(8-9)10-3-4-11(20-6-10)14(17,18)19/h3-4,6,9,12H,1-2,5,7-8H2,(H,21,23). The van der Waals surface area contributed by atoms with Gasteiger partial charge in [0.1, 0.15) is 5.69 Å². The van der Waals surface area contributed by atoms with E-state index in [2.05, 4.69) is 10.3 Å². The average molecular weight is 337 g/mol. The van der Waals surface area contributed by atoms with Crippen molar-refractivity contribution in [2.75, 3.05) is 24.5 Å². The zero-order valence-electron chi connectivity index (χ0n) is 12.1. The number of carbonyl (C=O) groups is 1. The molecule has 1 aliphatic heterocycles. The molecular formula is C14H16F5N3O. The van der Waals surface area contributed by atoms with Crippen LogP contribution in [0, 0.1) is 5.92 Å². The molecule has 1 amide bonds. The van der Waals surface area contributed by atoms with Gasteiger partial charge in [0, 0.05) is 13.1 Å². The van der Waals surface area contributed by atoms with Gasteiger partial charge in [-0.05, 0) is 25.0 Å². The van der Waals surface area contributed by atoms with Crippen molar-refractivity contribution in [2.24, 2.45) is 5.92 Å². The smallest absolute Gasteiger partial charge is 0.369 e. The van der Waals surface area contributed by atoms with Crippen molar-refractivity contribution >= 4 is 11.6 Å². The first kappa shape index (κ1) is 17.4. The molecule has 9 heteroatoms. The monoisotopic (exact) mass is 337 g/mol. The van der Waals surface area contributed by atoms with E-state index >= 15 is 0 Å². The van der Waals surface area contributed by atoms with Crippen LogP contribution in [0.2, 0.25) is 0 Å². The molecule has 1 saturated heterocycles. The Labute approximate surface area is 129 Å². The normalized spacial score (nSPS) is 19.0. The third kappa shape index (κ3) is 4.77. The third-order valence-corrected chi connectivity index (χ3v) is 3.63. The van der Waals surface area contributed by atoms with Gasteiger partial charge in [0.2, 0.25) is 5.91 Å². The highest BCUT2D eigenvalue weighted by molar-refractivity contribution is 5.79. The summed E-state index contributed by atoms with van der Waals surface area (Å²) in [6.07, 6.45) is -4.80. The number of amides is 1. The van der Waals surface area contributed by atoms with Crippen LogP contribution in [0.4, 0.5) is 27.6 Å². The number of nitrogens with one attached hydrogen (secondary N) is 1. The number of aromatic nitrogens is 1. The molecule has 128 valence electrons. The summed E-state index contributed by atoms with van der Waals surface area (Å²) in [6.45, 7) is 0.144. The maximum atomic E-state index is 12.5. The molecule has 0 saturated carbocycles. The molecular weight excluding hydrogens is 321 g/mol. The number of alkyl halides is 5. The molecule has 1 aromatic heterocycles. The number of carbonyl (C=O) groups excluding carboxylic acids is 1. The van der Waals surface area contributed by atoms with Crippen molar-refractivity contribution in [3.05, 3.63) is 24.0 Å². The maximum Gasteiger partial charge on any atom is 0.433 e. The lowest BCUT2D eigenvalue weighted by atomic mass is 9.97. The molecule has 1 aromatic rings. The van der Waals surface area contributed by atoms with Crippen LogP contribution >= 0.6 is 0 Å². The minimum atomic E-state index is -4.50. The van der Waals surface area contributed by atoms with Crippen LogP contribution in [0.25, 0.3) is 0 Å². The van der Waals surface area contributed by atoms with Crippen LogP contribution < -0.4 is 10.2 Å². The number of hydrogen-bond donors (Lipinski definition) is 1. The fourth-order valence-electron chi connectivity index (χ4n) is 2.49. The van der Waals surface area contributed by atoms with Gasteiger partial charge in [-0.2, -0.15) is 13.2 Å². The molecule has 0 bridgehead atoms. The summed E-state index contributed by atoms with van der Waals surface area (Å²) in [6, 6.07) is 2.19. The first-order valence-electron chi connectivity index (χ1n) is 7.11. The molecule has 0 aliphatic carbocycles. The van der Waals surface area contributed by atoms with Crippen molar-refractivity contribution in [1.82, 2.24) is 10.3 Å². The summed E-state index contributed by atoms with van der Waals surface area (Å²) in [7, 11) is 0. The second-order valence-electron chi connectivity index (χ2n) is 5.32. The topological polar surface area (TPSA) is 45.2 Å². The Morgan fingerprint density at radius 2 is 2.13 bits per heavy atom. The Hall–Kier alpha value is -1.93. The molecule has 2 heterocycles. The van der Waals surface area contributed by atoms with E-state index < -0.39 is 36.7 Å². The lowest BCUT2D eigenvalue weighted by Gasteiger charge is -2.33. The van der Waals surface area contributed by atoms with Crippen molar-refractivity contribution < 1.29 is 26.7 Å². The van der Waals surface area contributed by atoms with Crippen LogP contribution in [-0.2, 0) is 11.0 Å². The highest BCUT2D eigenvalue weighted by Gasteiger charge is 2.32. The van der Waals surface area contributed by atoms with Crippen molar-refractivity contribution in [1.29, 1.82) is 0 Å². The van der Waals surface area contributed by atoms with Crippen LogP contribution in [0.3, 0.4) is 0 Å². The molecule has 2 rings (SSSR count). The Morgan fingerprint density at radius 1 is 1.39 bits per heavy atom. The summed E-state index contributed by atoms with van der Waals surface area (Å²) in [5.41, 5.74) is -0.506. The number of piperidine rings is 1. The van der Waals surface area contributed by atoms with Crippen molar-refractivity contribution in [2.45, 2.75) is 25.4 Å². The molecule has 23 heavy (non-hydrogen) atoms. The van der Waals surface area contributed by atoms with Crippen molar-refractivity contribution in [3.8, 4) is 0 Å². The summed E-state index contributed by atoms with van der Waals surface area (Å²) in [4.78, 5) is 17.0. The van der Waals surface area contributed by atoms with Gasteiger partial charge in [-0.1, -0.05) is 0 Å². The summed E-state index contributed by atoms with van der Waals surface area (Å²) < 4.78 is 61.7.